The zero-order valence-electron chi connectivity index (χ0n) is 14.3. The van der Waals surface area contributed by atoms with Crippen LogP contribution in [0.25, 0.3) is 0 Å². The maximum Gasteiger partial charge on any atom is 0.241 e. The molecule has 0 spiro atoms. The second-order valence-electron chi connectivity index (χ2n) is 6.50. The third-order valence-corrected chi connectivity index (χ3v) is 6.34. The van der Waals surface area contributed by atoms with Crippen molar-refractivity contribution in [3.8, 4) is 0 Å². The molecule has 0 heterocycles. The van der Waals surface area contributed by atoms with E-state index in [4.69, 9.17) is 0 Å². The number of benzene rings is 1. The van der Waals surface area contributed by atoms with E-state index in [2.05, 4.69) is 31.2 Å². The molecule has 0 saturated heterocycles. The lowest BCUT2D eigenvalue weighted by Crippen LogP contribution is -2.49. The Balaban J connectivity index is 2.37. The average molecular weight is 333 g/mol. The van der Waals surface area contributed by atoms with E-state index in [0.717, 1.165) is 24.8 Å². The number of sulfonamides is 1. The minimum absolute atomic E-state index is 0.321. The van der Waals surface area contributed by atoms with Gasteiger partial charge in [0.05, 0.1) is 10.4 Å². The van der Waals surface area contributed by atoms with Crippen molar-refractivity contribution < 1.29 is 8.42 Å². The lowest BCUT2D eigenvalue weighted by molar-refractivity contribution is 0.401. The molecule has 0 radical (unpaired) electrons. The van der Waals surface area contributed by atoms with Crippen molar-refractivity contribution in [2.24, 2.45) is 5.92 Å². The second-order valence-corrected chi connectivity index (χ2v) is 8.18. The van der Waals surface area contributed by atoms with Gasteiger partial charge in [-0.1, -0.05) is 49.3 Å². The van der Waals surface area contributed by atoms with Gasteiger partial charge in [-0.3, -0.25) is 0 Å². The zero-order valence-corrected chi connectivity index (χ0v) is 15.1. The topological polar surface area (TPSA) is 46.2 Å². The Labute approximate surface area is 140 Å². The van der Waals surface area contributed by atoms with E-state index in [0.29, 0.717) is 17.2 Å². The van der Waals surface area contributed by atoms with Crippen molar-refractivity contribution in [1.82, 2.24) is 4.72 Å². The van der Waals surface area contributed by atoms with Crippen LogP contribution in [0.1, 0.15) is 45.1 Å². The van der Waals surface area contributed by atoms with E-state index >= 15 is 0 Å². The first kappa shape index (κ1) is 18.0. The van der Waals surface area contributed by atoms with E-state index in [1.165, 1.54) is 5.57 Å². The van der Waals surface area contributed by atoms with Gasteiger partial charge in [-0.2, -0.15) is 0 Å². The number of allylic oxidation sites excluding steroid dienone is 1. The van der Waals surface area contributed by atoms with Crippen molar-refractivity contribution >= 4 is 10.0 Å². The molecule has 126 valence electrons. The highest BCUT2D eigenvalue weighted by Gasteiger charge is 2.41. The Morgan fingerprint density at radius 2 is 2.00 bits per heavy atom. The quantitative estimate of drug-likeness (QED) is 0.754. The first-order valence-corrected chi connectivity index (χ1v) is 9.75. The van der Waals surface area contributed by atoms with Crippen molar-refractivity contribution in [3.05, 3.63) is 54.1 Å². The molecule has 1 N–H and O–H groups in total. The van der Waals surface area contributed by atoms with Crippen molar-refractivity contribution in [2.45, 2.75) is 56.9 Å². The highest BCUT2D eigenvalue weighted by molar-refractivity contribution is 7.89. The predicted octanol–water partition coefficient (Wildman–Crippen LogP) is 4.35. The van der Waals surface area contributed by atoms with Crippen LogP contribution >= 0.6 is 0 Å². The standard InChI is InChI=1S/C19H27NO2S/c1-5-13-19(14-7-8-18(19)16(4)6-2)20-23(21,22)17-11-9-15(3)10-12-17/h5,8-12,16,20H,1,6-7,13-14H2,2-4H3. The second kappa shape index (κ2) is 7.02. The summed E-state index contributed by atoms with van der Waals surface area (Å²) in [6.07, 6.45) is 7.34. The van der Waals surface area contributed by atoms with Crippen LogP contribution in [0.15, 0.2) is 53.5 Å². The summed E-state index contributed by atoms with van der Waals surface area (Å²) in [5.41, 5.74) is 1.72. The third kappa shape index (κ3) is 3.75. The zero-order chi connectivity index (χ0) is 17.1. The van der Waals surface area contributed by atoms with Crippen LogP contribution in [0.2, 0.25) is 0 Å². The van der Waals surface area contributed by atoms with Gasteiger partial charge >= 0.3 is 0 Å². The first-order chi connectivity index (χ1) is 10.8. The lowest BCUT2D eigenvalue weighted by Gasteiger charge is -2.35. The smallest absolute Gasteiger partial charge is 0.207 e. The summed E-state index contributed by atoms with van der Waals surface area (Å²) in [6.45, 7) is 10.1. The first-order valence-electron chi connectivity index (χ1n) is 8.26. The monoisotopic (exact) mass is 333 g/mol. The Hall–Kier alpha value is -1.39. The van der Waals surface area contributed by atoms with Gasteiger partial charge in [-0.15, -0.1) is 6.58 Å². The number of hydrogen-bond donors (Lipinski definition) is 1. The Bertz CT molecular complexity index is 689. The van der Waals surface area contributed by atoms with Crippen LogP contribution in [0, 0.1) is 12.8 Å². The normalized spacial score (nSPS) is 22.7. The van der Waals surface area contributed by atoms with Crippen LogP contribution in [0.3, 0.4) is 0 Å². The molecule has 1 aliphatic rings. The predicted molar refractivity (Wildman–Crippen MR) is 95.8 cm³/mol. The molecule has 1 aliphatic carbocycles. The molecule has 0 aromatic heterocycles. The van der Waals surface area contributed by atoms with Gasteiger partial charge in [-0.25, -0.2) is 13.1 Å². The highest BCUT2D eigenvalue weighted by Crippen LogP contribution is 2.40. The summed E-state index contributed by atoms with van der Waals surface area (Å²) in [7, 11) is -3.55. The van der Waals surface area contributed by atoms with Gasteiger partial charge in [0.1, 0.15) is 0 Å². The molecule has 1 aromatic carbocycles. The molecule has 23 heavy (non-hydrogen) atoms. The molecule has 3 nitrogen and oxygen atoms in total. The molecular weight excluding hydrogens is 306 g/mol. The lowest BCUT2D eigenvalue weighted by atomic mass is 9.81. The van der Waals surface area contributed by atoms with Crippen LogP contribution in [0.4, 0.5) is 0 Å². The van der Waals surface area contributed by atoms with Gasteiger partial charge in [-0.05, 0) is 50.7 Å². The molecule has 0 aliphatic heterocycles. The van der Waals surface area contributed by atoms with Gasteiger partial charge in [0.2, 0.25) is 10.0 Å². The molecule has 0 bridgehead atoms. The fraction of sp³-hybridized carbons (Fsp3) is 0.474. The largest absolute Gasteiger partial charge is 0.241 e. The van der Waals surface area contributed by atoms with E-state index in [1.54, 1.807) is 12.1 Å². The van der Waals surface area contributed by atoms with Gasteiger partial charge in [0.15, 0.2) is 0 Å². The van der Waals surface area contributed by atoms with Gasteiger partial charge < -0.3 is 0 Å². The molecule has 2 atom stereocenters. The minimum atomic E-state index is -3.55. The third-order valence-electron chi connectivity index (χ3n) is 4.79. The molecule has 0 amide bonds. The summed E-state index contributed by atoms with van der Waals surface area (Å²) >= 11 is 0. The van der Waals surface area contributed by atoms with Crippen LogP contribution in [0.5, 0.6) is 0 Å². The van der Waals surface area contributed by atoms with E-state index < -0.39 is 15.6 Å². The molecule has 1 aromatic rings. The van der Waals surface area contributed by atoms with Crippen molar-refractivity contribution in [2.75, 3.05) is 0 Å². The summed E-state index contributed by atoms with van der Waals surface area (Å²) < 4.78 is 28.7. The average Bonchev–Trinajstić information content (AvgIpc) is 2.90. The molecule has 4 heteroatoms. The molecule has 0 saturated carbocycles. The fourth-order valence-electron chi connectivity index (χ4n) is 3.36. The summed E-state index contributed by atoms with van der Waals surface area (Å²) in [5, 5.41) is 0. The van der Waals surface area contributed by atoms with E-state index in [9.17, 15) is 8.42 Å². The molecule has 2 unspecified atom stereocenters. The van der Waals surface area contributed by atoms with Crippen LogP contribution < -0.4 is 4.72 Å². The Morgan fingerprint density at radius 1 is 1.35 bits per heavy atom. The molecular formula is C19H27NO2S. The van der Waals surface area contributed by atoms with E-state index in [-0.39, 0.29) is 0 Å². The highest BCUT2D eigenvalue weighted by atomic mass is 32.2. The Morgan fingerprint density at radius 3 is 2.57 bits per heavy atom. The fourth-order valence-corrected chi connectivity index (χ4v) is 4.79. The van der Waals surface area contributed by atoms with Gasteiger partial charge in [0, 0.05) is 0 Å². The number of rotatable bonds is 7. The number of hydrogen-bond acceptors (Lipinski definition) is 2. The number of aryl methyl sites for hydroxylation is 1. The number of nitrogens with one attached hydrogen (secondary N) is 1. The summed E-state index contributed by atoms with van der Waals surface area (Å²) in [4.78, 5) is 0.321. The summed E-state index contributed by atoms with van der Waals surface area (Å²) in [6, 6.07) is 6.99. The summed E-state index contributed by atoms with van der Waals surface area (Å²) in [5.74, 6) is 0.359. The van der Waals surface area contributed by atoms with Gasteiger partial charge in [0.25, 0.3) is 0 Å². The molecule has 0 fully saturated rings. The van der Waals surface area contributed by atoms with Crippen molar-refractivity contribution in [3.63, 3.8) is 0 Å². The van der Waals surface area contributed by atoms with E-state index in [1.807, 2.05) is 25.1 Å². The maximum atomic E-state index is 12.9. The van der Waals surface area contributed by atoms with Crippen LogP contribution in [-0.4, -0.2) is 14.0 Å². The SMILES string of the molecule is C=CCC1(NS(=O)(=O)c2ccc(C)cc2)CCC=C1C(C)CC. The maximum absolute atomic E-state index is 12.9. The van der Waals surface area contributed by atoms with Crippen LogP contribution in [-0.2, 0) is 10.0 Å². The Kier molecular flexibility index (Phi) is 5.48. The minimum Gasteiger partial charge on any atom is -0.207 e. The van der Waals surface area contributed by atoms with Crippen molar-refractivity contribution in [1.29, 1.82) is 0 Å². The molecule has 2 rings (SSSR count).